The largest absolute Gasteiger partial charge is 0.508 e. The first kappa shape index (κ1) is 21.5. The van der Waals surface area contributed by atoms with Gasteiger partial charge in [0.25, 0.3) is 0 Å². The zero-order chi connectivity index (χ0) is 20.5. The predicted molar refractivity (Wildman–Crippen MR) is 117 cm³/mol. The van der Waals surface area contributed by atoms with Crippen molar-refractivity contribution in [2.45, 2.75) is 103 Å². The lowest BCUT2D eigenvalue weighted by Crippen LogP contribution is -2.49. The molecule has 2 aliphatic rings. The highest BCUT2D eigenvalue weighted by atomic mass is 16.5. The number of ether oxygens (including phenoxy) is 1. The highest BCUT2D eigenvalue weighted by molar-refractivity contribution is 5.52. The van der Waals surface area contributed by atoms with E-state index in [0.717, 1.165) is 24.2 Å². The summed E-state index contributed by atoms with van der Waals surface area (Å²) in [7, 11) is 2.06. The molecule has 1 aliphatic carbocycles. The molecule has 0 saturated heterocycles. The minimum Gasteiger partial charge on any atom is -0.508 e. The lowest BCUT2D eigenvalue weighted by atomic mass is 9.65. The third kappa shape index (κ3) is 4.20. The molecule has 1 fully saturated rings. The monoisotopic (exact) mass is 387 g/mol. The first-order valence-corrected chi connectivity index (χ1v) is 11.5. The van der Waals surface area contributed by atoms with Crippen LogP contribution in [-0.4, -0.2) is 23.8 Å². The zero-order valence-corrected chi connectivity index (χ0v) is 18.8. The smallest absolute Gasteiger partial charge is 0.127 e. The van der Waals surface area contributed by atoms with E-state index in [1.54, 1.807) is 0 Å². The molecule has 158 valence electrons. The van der Waals surface area contributed by atoms with E-state index in [0.29, 0.717) is 35.5 Å². The van der Waals surface area contributed by atoms with Crippen LogP contribution < -0.4 is 10.1 Å². The second kappa shape index (κ2) is 8.65. The molecule has 0 aromatic heterocycles. The van der Waals surface area contributed by atoms with Crippen LogP contribution in [0.15, 0.2) is 12.1 Å². The molecule has 3 heteroatoms. The van der Waals surface area contributed by atoms with Crippen LogP contribution in [0.4, 0.5) is 0 Å². The minimum atomic E-state index is -0.183. The minimum absolute atomic E-state index is 0.183. The summed E-state index contributed by atoms with van der Waals surface area (Å²) >= 11 is 0. The third-order valence-corrected chi connectivity index (χ3v) is 7.68. The van der Waals surface area contributed by atoms with E-state index in [1.807, 2.05) is 6.07 Å². The Morgan fingerprint density at radius 1 is 1.21 bits per heavy atom. The van der Waals surface area contributed by atoms with Gasteiger partial charge in [0.05, 0.1) is 0 Å². The van der Waals surface area contributed by atoms with Crippen molar-refractivity contribution < 1.29 is 9.84 Å². The molecule has 3 unspecified atom stereocenters. The molecule has 0 radical (unpaired) electrons. The Balaban J connectivity index is 1.89. The Kier molecular flexibility index (Phi) is 6.64. The standard InChI is InChI=1S/C25H41NO2/c1-7-8-9-10-16(2)17(3)18-13-22(27)24-20-15-19(26-6)11-12-21(20)25(4,5)28-23(24)14-18/h13-14,16-17,19-21,26-27H,7-12,15H2,1-6H3/t16?,17?,19?,20-,21+/m1/s1. The van der Waals surface area contributed by atoms with E-state index in [9.17, 15) is 5.11 Å². The molecule has 1 aromatic carbocycles. The van der Waals surface area contributed by atoms with Crippen molar-refractivity contribution in [2.75, 3.05) is 7.05 Å². The van der Waals surface area contributed by atoms with Crippen molar-refractivity contribution in [3.05, 3.63) is 23.3 Å². The number of hydrogen-bond acceptors (Lipinski definition) is 3. The predicted octanol–water partition coefficient (Wildman–Crippen LogP) is 6.35. The summed E-state index contributed by atoms with van der Waals surface area (Å²) in [4.78, 5) is 0. The van der Waals surface area contributed by atoms with Crippen molar-refractivity contribution in [2.24, 2.45) is 11.8 Å². The van der Waals surface area contributed by atoms with E-state index >= 15 is 0 Å². The Labute approximate surface area is 172 Å². The summed E-state index contributed by atoms with van der Waals surface area (Å²) in [6, 6.07) is 4.79. The number of fused-ring (bicyclic) bond motifs is 3. The van der Waals surface area contributed by atoms with Crippen LogP contribution in [0, 0.1) is 11.8 Å². The molecule has 1 aliphatic heterocycles. The van der Waals surface area contributed by atoms with Crippen molar-refractivity contribution in [3.8, 4) is 11.5 Å². The molecule has 1 aromatic rings. The summed E-state index contributed by atoms with van der Waals surface area (Å²) in [6.07, 6.45) is 8.52. The molecular formula is C25H41NO2. The average Bonchev–Trinajstić information content (AvgIpc) is 2.66. The van der Waals surface area contributed by atoms with Crippen LogP contribution >= 0.6 is 0 Å². The van der Waals surface area contributed by atoms with Gasteiger partial charge in [0.2, 0.25) is 0 Å². The van der Waals surface area contributed by atoms with Crippen LogP contribution in [-0.2, 0) is 0 Å². The molecule has 3 nitrogen and oxygen atoms in total. The number of phenols is 1. The first-order valence-electron chi connectivity index (χ1n) is 11.5. The van der Waals surface area contributed by atoms with Gasteiger partial charge in [0.1, 0.15) is 17.1 Å². The molecule has 1 saturated carbocycles. The maximum Gasteiger partial charge on any atom is 0.127 e. The van der Waals surface area contributed by atoms with E-state index in [-0.39, 0.29) is 5.60 Å². The molecular weight excluding hydrogens is 346 g/mol. The fourth-order valence-electron chi connectivity index (χ4n) is 5.59. The maximum absolute atomic E-state index is 11.0. The number of nitrogens with one attached hydrogen (secondary N) is 1. The summed E-state index contributed by atoms with van der Waals surface area (Å²) in [5.41, 5.74) is 2.09. The molecule has 0 amide bonds. The summed E-state index contributed by atoms with van der Waals surface area (Å²) < 4.78 is 6.53. The SMILES string of the molecule is CCCCCC(C)C(C)c1cc(O)c2c(c1)OC(C)(C)[C@H]1CCC(NC)C[C@@H]21. The highest BCUT2D eigenvalue weighted by Crippen LogP contribution is 2.55. The van der Waals surface area contributed by atoms with Gasteiger partial charge in [-0.2, -0.15) is 0 Å². The van der Waals surface area contributed by atoms with Crippen LogP contribution in [0.25, 0.3) is 0 Å². The number of aromatic hydroxyl groups is 1. The van der Waals surface area contributed by atoms with Crippen molar-refractivity contribution in [1.82, 2.24) is 5.32 Å². The van der Waals surface area contributed by atoms with Crippen molar-refractivity contribution >= 4 is 0 Å². The number of unbranched alkanes of at least 4 members (excludes halogenated alkanes) is 2. The first-order chi connectivity index (χ1) is 13.3. The van der Waals surface area contributed by atoms with Crippen molar-refractivity contribution in [3.63, 3.8) is 0 Å². The lowest BCUT2D eigenvalue weighted by molar-refractivity contribution is -0.0117. The quantitative estimate of drug-likeness (QED) is 0.535. The molecule has 3 rings (SSSR count). The van der Waals surface area contributed by atoms with Gasteiger partial charge >= 0.3 is 0 Å². The van der Waals surface area contributed by atoms with E-state index in [1.165, 1.54) is 37.7 Å². The van der Waals surface area contributed by atoms with Gasteiger partial charge < -0.3 is 15.2 Å². The van der Waals surface area contributed by atoms with Gasteiger partial charge in [-0.3, -0.25) is 0 Å². The van der Waals surface area contributed by atoms with Gasteiger partial charge in [0, 0.05) is 17.5 Å². The highest BCUT2D eigenvalue weighted by Gasteiger charge is 2.47. The van der Waals surface area contributed by atoms with E-state index in [2.05, 4.69) is 53.0 Å². The third-order valence-electron chi connectivity index (χ3n) is 7.68. The van der Waals surface area contributed by atoms with E-state index in [4.69, 9.17) is 4.74 Å². The van der Waals surface area contributed by atoms with Gasteiger partial charge in [-0.1, -0.05) is 46.5 Å². The second-order valence-corrected chi connectivity index (χ2v) is 9.93. The fourth-order valence-corrected chi connectivity index (χ4v) is 5.59. The second-order valence-electron chi connectivity index (χ2n) is 9.93. The van der Waals surface area contributed by atoms with Crippen LogP contribution in [0.5, 0.6) is 11.5 Å². The summed E-state index contributed by atoms with van der Waals surface area (Å²) in [5.74, 6) is 3.24. The van der Waals surface area contributed by atoms with Gasteiger partial charge in [-0.05, 0) is 75.6 Å². The van der Waals surface area contributed by atoms with Gasteiger partial charge in [-0.15, -0.1) is 0 Å². The summed E-state index contributed by atoms with van der Waals surface area (Å²) in [6.45, 7) is 11.4. The average molecular weight is 388 g/mol. The topological polar surface area (TPSA) is 41.5 Å². The molecule has 1 heterocycles. The number of hydrogen-bond donors (Lipinski definition) is 2. The molecule has 2 N–H and O–H groups in total. The normalized spacial score (nSPS) is 28.0. The van der Waals surface area contributed by atoms with Crippen LogP contribution in [0.3, 0.4) is 0 Å². The Hall–Kier alpha value is -1.22. The Bertz CT molecular complexity index is 669. The molecule has 28 heavy (non-hydrogen) atoms. The zero-order valence-electron chi connectivity index (χ0n) is 18.8. The number of benzene rings is 1. The number of rotatable bonds is 7. The van der Waals surface area contributed by atoms with Gasteiger partial charge in [0.15, 0.2) is 0 Å². The summed E-state index contributed by atoms with van der Waals surface area (Å²) in [5, 5.41) is 14.5. The Morgan fingerprint density at radius 2 is 1.96 bits per heavy atom. The van der Waals surface area contributed by atoms with Crippen LogP contribution in [0.1, 0.15) is 103 Å². The Morgan fingerprint density at radius 3 is 2.64 bits per heavy atom. The van der Waals surface area contributed by atoms with E-state index < -0.39 is 0 Å². The number of phenolic OH excluding ortho intramolecular Hbond substituents is 1. The van der Waals surface area contributed by atoms with Gasteiger partial charge in [-0.25, -0.2) is 0 Å². The van der Waals surface area contributed by atoms with Crippen LogP contribution in [0.2, 0.25) is 0 Å². The van der Waals surface area contributed by atoms with Crippen molar-refractivity contribution in [1.29, 1.82) is 0 Å². The fraction of sp³-hybridized carbons (Fsp3) is 0.760. The molecule has 0 bridgehead atoms. The lowest BCUT2D eigenvalue weighted by Gasteiger charge is -2.49. The molecule has 0 spiro atoms. The molecule has 5 atom stereocenters. The maximum atomic E-state index is 11.0.